The number of pyridine rings is 1. The zero-order valence-electron chi connectivity index (χ0n) is 14.6. The molecule has 1 fully saturated rings. The molecule has 5 nitrogen and oxygen atoms in total. The van der Waals surface area contributed by atoms with E-state index in [0.717, 1.165) is 22.6 Å². The lowest BCUT2D eigenvalue weighted by molar-refractivity contribution is 0.472. The van der Waals surface area contributed by atoms with Crippen molar-refractivity contribution in [3.05, 3.63) is 77.4 Å². The number of aromatic amines is 1. The summed E-state index contributed by atoms with van der Waals surface area (Å²) in [5.74, 6) is 0.202. The molecule has 1 aliphatic rings. The molecule has 4 rings (SSSR count). The lowest BCUT2D eigenvalue weighted by Crippen LogP contribution is -2.29. The van der Waals surface area contributed by atoms with Crippen molar-refractivity contribution in [3.63, 3.8) is 0 Å². The molecule has 3 N–H and O–H groups in total. The number of para-hydroxylation sites is 2. The van der Waals surface area contributed by atoms with Crippen LogP contribution in [0.2, 0.25) is 0 Å². The van der Waals surface area contributed by atoms with Crippen molar-refractivity contribution in [1.29, 1.82) is 0 Å². The molecule has 0 radical (unpaired) electrons. The van der Waals surface area contributed by atoms with Crippen LogP contribution >= 0.6 is 12.2 Å². The highest BCUT2D eigenvalue weighted by atomic mass is 32.1. The van der Waals surface area contributed by atoms with E-state index in [1.165, 1.54) is 0 Å². The summed E-state index contributed by atoms with van der Waals surface area (Å²) in [6, 6.07) is 15.0. The lowest BCUT2D eigenvalue weighted by atomic mass is 9.96. The van der Waals surface area contributed by atoms with Crippen LogP contribution in [0.3, 0.4) is 0 Å². The molecule has 26 heavy (non-hydrogen) atoms. The number of hydrogen-bond acceptors (Lipinski definition) is 3. The standard InChI is InChI=1S/C20H20N4OS/c1-12-11-14(13(2)22-12)19-18(15-7-5-6-10-21-15)23-20(26)24(19)16-8-3-4-9-17(16)25/h3-11,18-19,22,25H,1-2H3,(H,23,26)/t18-,19-/m0/s1. The van der Waals surface area contributed by atoms with E-state index >= 15 is 0 Å². The fourth-order valence-electron chi connectivity index (χ4n) is 3.65. The van der Waals surface area contributed by atoms with Crippen molar-refractivity contribution in [2.75, 3.05) is 4.90 Å². The number of H-pyrrole nitrogens is 1. The van der Waals surface area contributed by atoms with Crippen molar-refractivity contribution in [2.24, 2.45) is 0 Å². The van der Waals surface area contributed by atoms with E-state index in [1.54, 1.807) is 12.3 Å². The number of aromatic nitrogens is 2. The smallest absolute Gasteiger partial charge is 0.174 e. The minimum absolute atomic E-state index is 0.114. The third-order valence-electron chi connectivity index (χ3n) is 4.75. The van der Waals surface area contributed by atoms with Crippen LogP contribution < -0.4 is 10.2 Å². The number of thiocarbonyl (C=S) groups is 1. The van der Waals surface area contributed by atoms with Gasteiger partial charge in [0.05, 0.1) is 23.5 Å². The fraction of sp³-hybridized carbons (Fsp3) is 0.200. The van der Waals surface area contributed by atoms with Crippen LogP contribution in [0.4, 0.5) is 5.69 Å². The van der Waals surface area contributed by atoms with E-state index in [2.05, 4.69) is 28.3 Å². The highest BCUT2D eigenvalue weighted by Crippen LogP contribution is 2.44. The third-order valence-corrected chi connectivity index (χ3v) is 5.06. The van der Waals surface area contributed by atoms with Gasteiger partial charge in [0.25, 0.3) is 0 Å². The number of phenols is 1. The van der Waals surface area contributed by atoms with Gasteiger partial charge in [-0.2, -0.15) is 0 Å². The summed E-state index contributed by atoms with van der Waals surface area (Å²) in [6.07, 6.45) is 1.79. The van der Waals surface area contributed by atoms with Crippen LogP contribution in [0.25, 0.3) is 0 Å². The maximum atomic E-state index is 10.4. The van der Waals surface area contributed by atoms with Gasteiger partial charge >= 0.3 is 0 Å². The first-order valence-corrected chi connectivity index (χ1v) is 8.92. The Kier molecular flexibility index (Phi) is 4.12. The molecule has 2 atom stereocenters. The highest BCUT2D eigenvalue weighted by Gasteiger charge is 2.42. The van der Waals surface area contributed by atoms with Crippen molar-refractivity contribution >= 4 is 23.0 Å². The van der Waals surface area contributed by atoms with Crippen LogP contribution in [0.5, 0.6) is 5.75 Å². The normalized spacial score (nSPS) is 19.6. The molecule has 6 heteroatoms. The average Bonchev–Trinajstić information content (AvgIpc) is 3.14. The molecule has 0 unspecified atom stereocenters. The Balaban J connectivity index is 1.88. The van der Waals surface area contributed by atoms with Gasteiger partial charge in [0, 0.05) is 17.6 Å². The molecule has 1 saturated heterocycles. The van der Waals surface area contributed by atoms with Gasteiger partial charge in [-0.15, -0.1) is 0 Å². The molecule has 0 bridgehead atoms. The Morgan fingerprint density at radius 2 is 1.88 bits per heavy atom. The predicted octanol–water partition coefficient (Wildman–Crippen LogP) is 3.91. The summed E-state index contributed by atoms with van der Waals surface area (Å²) >= 11 is 5.65. The summed E-state index contributed by atoms with van der Waals surface area (Å²) in [4.78, 5) is 9.90. The second-order valence-electron chi connectivity index (χ2n) is 6.52. The number of hydrogen-bond donors (Lipinski definition) is 3. The predicted molar refractivity (Wildman–Crippen MR) is 106 cm³/mol. The van der Waals surface area contributed by atoms with Crippen molar-refractivity contribution in [2.45, 2.75) is 25.9 Å². The zero-order chi connectivity index (χ0) is 18.3. The first-order chi connectivity index (χ1) is 12.6. The fourth-order valence-corrected chi connectivity index (χ4v) is 3.99. The molecule has 132 valence electrons. The quantitative estimate of drug-likeness (QED) is 0.615. The molecule has 2 aromatic heterocycles. The second-order valence-corrected chi connectivity index (χ2v) is 6.90. The molecule has 0 saturated carbocycles. The van der Waals surface area contributed by atoms with Gasteiger partial charge in [-0.25, -0.2) is 0 Å². The van der Waals surface area contributed by atoms with Crippen LogP contribution in [0.15, 0.2) is 54.7 Å². The van der Waals surface area contributed by atoms with E-state index in [4.69, 9.17) is 12.2 Å². The van der Waals surface area contributed by atoms with Crippen molar-refractivity contribution in [3.8, 4) is 5.75 Å². The summed E-state index contributed by atoms with van der Waals surface area (Å²) in [5.41, 5.74) is 4.91. The summed E-state index contributed by atoms with van der Waals surface area (Å²) in [5, 5.41) is 14.4. The van der Waals surface area contributed by atoms with Crippen LogP contribution in [0.1, 0.15) is 34.7 Å². The summed E-state index contributed by atoms with van der Waals surface area (Å²) in [6.45, 7) is 4.10. The molecule has 3 aromatic rings. The number of nitrogens with one attached hydrogen (secondary N) is 2. The van der Waals surface area contributed by atoms with Gasteiger partial charge in [0.15, 0.2) is 5.11 Å². The van der Waals surface area contributed by atoms with E-state index in [1.807, 2.05) is 48.2 Å². The Hall–Kier alpha value is -2.86. The van der Waals surface area contributed by atoms with E-state index in [9.17, 15) is 5.11 Å². The van der Waals surface area contributed by atoms with Crippen molar-refractivity contribution < 1.29 is 5.11 Å². The summed E-state index contributed by atoms with van der Waals surface area (Å²) in [7, 11) is 0. The first-order valence-electron chi connectivity index (χ1n) is 8.51. The number of phenolic OH excluding ortho intramolecular Hbond substituents is 1. The number of benzene rings is 1. The number of aromatic hydroxyl groups is 1. The van der Waals surface area contributed by atoms with Crippen LogP contribution in [-0.4, -0.2) is 20.2 Å². The maximum absolute atomic E-state index is 10.4. The number of anilines is 1. The SMILES string of the molecule is Cc1cc([C@H]2[C@H](c3ccccn3)NC(=S)N2c2ccccc2O)c(C)[nH]1. The molecule has 3 heterocycles. The Labute approximate surface area is 157 Å². The molecule has 0 amide bonds. The first kappa shape index (κ1) is 16.6. The third kappa shape index (κ3) is 2.72. The largest absolute Gasteiger partial charge is 0.506 e. The molecular weight excluding hydrogens is 344 g/mol. The Bertz CT molecular complexity index is 953. The van der Waals surface area contributed by atoms with E-state index in [-0.39, 0.29) is 17.8 Å². The van der Waals surface area contributed by atoms with Gasteiger partial charge in [-0.3, -0.25) is 4.98 Å². The van der Waals surface area contributed by atoms with Crippen LogP contribution in [-0.2, 0) is 0 Å². The molecule has 0 aliphatic carbocycles. The summed E-state index contributed by atoms with van der Waals surface area (Å²) < 4.78 is 0. The molecule has 1 aromatic carbocycles. The average molecular weight is 364 g/mol. The van der Waals surface area contributed by atoms with E-state index < -0.39 is 0 Å². The van der Waals surface area contributed by atoms with E-state index in [0.29, 0.717) is 10.8 Å². The lowest BCUT2D eigenvalue weighted by Gasteiger charge is -2.28. The van der Waals surface area contributed by atoms with Crippen LogP contribution in [0, 0.1) is 13.8 Å². The minimum atomic E-state index is -0.115. The monoisotopic (exact) mass is 364 g/mol. The van der Waals surface area contributed by atoms with Gasteiger partial charge in [-0.1, -0.05) is 18.2 Å². The topological polar surface area (TPSA) is 64.2 Å². The van der Waals surface area contributed by atoms with Gasteiger partial charge in [0.1, 0.15) is 5.75 Å². The Morgan fingerprint density at radius 1 is 1.12 bits per heavy atom. The maximum Gasteiger partial charge on any atom is 0.174 e. The Morgan fingerprint density at radius 3 is 2.54 bits per heavy atom. The number of aryl methyl sites for hydroxylation is 2. The number of rotatable bonds is 3. The second kappa shape index (κ2) is 6.46. The molecule has 1 aliphatic heterocycles. The molecular formula is C20H20N4OS. The minimum Gasteiger partial charge on any atom is -0.506 e. The highest BCUT2D eigenvalue weighted by molar-refractivity contribution is 7.80. The van der Waals surface area contributed by atoms with Gasteiger partial charge in [-0.05, 0) is 62.0 Å². The van der Waals surface area contributed by atoms with Gasteiger partial charge < -0.3 is 20.3 Å². The van der Waals surface area contributed by atoms with Gasteiger partial charge in [0.2, 0.25) is 0 Å². The zero-order valence-corrected chi connectivity index (χ0v) is 15.4. The van der Waals surface area contributed by atoms with Crippen molar-refractivity contribution in [1.82, 2.24) is 15.3 Å². The molecule has 0 spiro atoms. The number of nitrogens with zero attached hydrogens (tertiary/aromatic N) is 2.